The number of amides is 2. The first-order chi connectivity index (χ1) is 14.9. The first-order valence-corrected chi connectivity index (χ1v) is 9.51. The minimum absolute atomic E-state index is 0.379. The van der Waals surface area contributed by atoms with Gasteiger partial charge in [0.15, 0.2) is 0 Å². The molecule has 0 aliphatic rings. The van der Waals surface area contributed by atoms with Crippen molar-refractivity contribution < 1.29 is 19.1 Å². The number of rotatable bonds is 5. The average Bonchev–Trinajstić information content (AvgIpc) is 2.75. The number of carbonyl (C=O) groups excluding carboxylic acids is 3. The van der Waals surface area contributed by atoms with Crippen LogP contribution in [0.3, 0.4) is 0 Å². The van der Waals surface area contributed by atoms with Crippen LogP contribution in [0.25, 0.3) is 0 Å². The fraction of sp³-hybridized carbons (Fsp3) is 0.0833. The van der Waals surface area contributed by atoms with Gasteiger partial charge in [0.25, 0.3) is 0 Å². The van der Waals surface area contributed by atoms with Gasteiger partial charge in [0, 0.05) is 5.69 Å². The summed E-state index contributed by atoms with van der Waals surface area (Å²) in [6, 6.07) is 20.7. The Kier molecular flexibility index (Phi) is 6.90. The van der Waals surface area contributed by atoms with Crippen molar-refractivity contribution in [3.05, 3.63) is 95.1 Å². The Morgan fingerprint density at radius 3 is 2.23 bits per heavy atom. The van der Waals surface area contributed by atoms with Gasteiger partial charge in [0.2, 0.25) is 0 Å². The molecule has 2 N–H and O–H groups in total. The van der Waals surface area contributed by atoms with E-state index in [-0.39, 0.29) is 0 Å². The maximum Gasteiger partial charge on any atom is 0.343 e. The van der Waals surface area contributed by atoms with Crippen LogP contribution in [0.1, 0.15) is 27.0 Å². The second-order valence-corrected chi connectivity index (χ2v) is 6.85. The Balaban J connectivity index is 1.50. The number of hydrazone groups is 1. The molecule has 0 bridgehead atoms. The molecule has 0 aromatic heterocycles. The quantitative estimate of drug-likeness (QED) is 0.219. The van der Waals surface area contributed by atoms with Crippen LogP contribution in [0, 0.1) is 13.8 Å². The van der Waals surface area contributed by atoms with Gasteiger partial charge in [-0.3, -0.25) is 9.59 Å². The highest BCUT2D eigenvalue weighted by Gasteiger charge is 2.12. The Morgan fingerprint density at radius 1 is 0.839 bits per heavy atom. The van der Waals surface area contributed by atoms with Gasteiger partial charge in [-0.1, -0.05) is 29.8 Å². The summed E-state index contributed by atoms with van der Waals surface area (Å²) in [6.45, 7) is 3.82. The molecule has 3 aromatic carbocycles. The van der Waals surface area contributed by atoms with E-state index in [1.165, 1.54) is 6.21 Å². The summed E-state index contributed by atoms with van der Waals surface area (Å²) < 4.78 is 5.33. The van der Waals surface area contributed by atoms with E-state index in [1.54, 1.807) is 54.6 Å². The van der Waals surface area contributed by atoms with Gasteiger partial charge >= 0.3 is 17.8 Å². The molecule has 0 radical (unpaired) electrons. The van der Waals surface area contributed by atoms with Gasteiger partial charge in [-0.2, -0.15) is 5.10 Å². The van der Waals surface area contributed by atoms with Gasteiger partial charge in [-0.15, -0.1) is 0 Å². The Morgan fingerprint density at radius 2 is 1.55 bits per heavy atom. The van der Waals surface area contributed by atoms with Crippen molar-refractivity contribution in [2.75, 3.05) is 5.32 Å². The van der Waals surface area contributed by atoms with E-state index in [4.69, 9.17) is 4.74 Å². The van der Waals surface area contributed by atoms with Crippen molar-refractivity contribution in [1.82, 2.24) is 5.43 Å². The lowest BCUT2D eigenvalue weighted by Gasteiger charge is -2.05. The molecule has 3 aromatic rings. The summed E-state index contributed by atoms with van der Waals surface area (Å²) in [6.07, 6.45) is 1.38. The van der Waals surface area contributed by atoms with Crippen LogP contribution in [-0.4, -0.2) is 24.0 Å². The molecule has 3 rings (SSSR count). The molecule has 0 atom stereocenters. The summed E-state index contributed by atoms with van der Waals surface area (Å²) in [5.41, 5.74) is 5.83. The number of carbonyl (C=O) groups is 3. The third-order valence-electron chi connectivity index (χ3n) is 4.24. The Bertz CT molecular complexity index is 1120. The third kappa shape index (κ3) is 6.37. The fourth-order valence-corrected chi connectivity index (χ4v) is 2.60. The van der Waals surface area contributed by atoms with E-state index in [2.05, 4.69) is 15.8 Å². The zero-order valence-electron chi connectivity index (χ0n) is 17.1. The molecule has 0 saturated carbocycles. The summed E-state index contributed by atoms with van der Waals surface area (Å²) in [7, 11) is 0. The zero-order chi connectivity index (χ0) is 22.2. The molecule has 7 heteroatoms. The van der Waals surface area contributed by atoms with Crippen LogP contribution < -0.4 is 15.5 Å². The molecule has 0 fully saturated rings. The lowest BCUT2D eigenvalue weighted by atomic mass is 10.1. The maximum absolute atomic E-state index is 12.1. The molecule has 0 unspecified atom stereocenters. The highest BCUT2D eigenvalue weighted by molar-refractivity contribution is 6.39. The molecule has 0 aliphatic carbocycles. The molecule has 0 spiro atoms. The summed E-state index contributed by atoms with van der Waals surface area (Å²) in [4.78, 5) is 35.9. The van der Waals surface area contributed by atoms with Gasteiger partial charge in [0.05, 0.1) is 11.8 Å². The predicted molar refractivity (Wildman–Crippen MR) is 118 cm³/mol. The fourth-order valence-electron chi connectivity index (χ4n) is 2.60. The SMILES string of the molecule is Cc1ccc(C(=O)Oc2ccc(/C=N\NC(=O)C(=O)Nc3cccc(C)c3)cc2)cc1. The number of aryl methyl sites for hydroxylation is 2. The first-order valence-electron chi connectivity index (χ1n) is 9.51. The lowest BCUT2D eigenvalue weighted by Crippen LogP contribution is -2.32. The number of hydrogen-bond donors (Lipinski definition) is 2. The smallest absolute Gasteiger partial charge is 0.343 e. The van der Waals surface area contributed by atoms with Crippen molar-refractivity contribution in [2.45, 2.75) is 13.8 Å². The van der Waals surface area contributed by atoms with E-state index in [0.29, 0.717) is 22.6 Å². The number of esters is 1. The topological polar surface area (TPSA) is 96.9 Å². The van der Waals surface area contributed by atoms with E-state index >= 15 is 0 Å². The Labute approximate surface area is 179 Å². The largest absolute Gasteiger partial charge is 0.423 e. The van der Waals surface area contributed by atoms with Gasteiger partial charge in [0.1, 0.15) is 5.75 Å². The minimum Gasteiger partial charge on any atom is -0.423 e. The molecule has 0 heterocycles. The van der Waals surface area contributed by atoms with Crippen LogP contribution in [0.2, 0.25) is 0 Å². The first kappa shape index (κ1) is 21.4. The second kappa shape index (κ2) is 9.98. The van der Waals surface area contributed by atoms with Crippen molar-refractivity contribution in [2.24, 2.45) is 5.10 Å². The van der Waals surface area contributed by atoms with Gasteiger partial charge in [-0.25, -0.2) is 10.2 Å². The van der Waals surface area contributed by atoms with Crippen molar-refractivity contribution >= 4 is 29.7 Å². The average molecular weight is 415 g/mol. The van der Waals surface area contributed by atoms with Crippen molar-refractivity contribution in [3.63, 3.8) is 0 Å². The maximum atomic E-state index is 12.1. The summed E-state index contributed by atoms with van der Waals surface area (Å²) >= 11 is 0. The molecule has 0 aliphatic heterocycles. The normalized spacial score (nSPS) is 10.5. The number of anilines is 1. The van der Waals surface area contributed by atoms with E-state index in [0.717, 1.165) is 11.1 Å². The van der Waals surface area contributed by atoms with E-state index in [9.17, 15) is 14.4 Å². The minimum atomic E-state index is -0.888. The summed E-state index contributed by atoms with van der Waals surface area (Å²) in [5.74, 6) is -1.78. The number of nitrogens with one attached hydrogen (secondary N) is 2. The monoisotopic (exact) mass is 415 g/mol. The number of nitrogens with zero attached hydrogens (tertiary/aromatic N) is 1. The van der Waals surface area contributed by atoms with Crippen LogP contribution in [0.15, 0.2) is 77.9 Å². The number of ether oxygens (including phenoxy) is 1. The number of benzene rings is 3. The molecule has 7 nitrogen and oxygen atoms in total. The summed E-state index contributed by atoms with van der Waals surface area (Å²) in [5, 5.41) is 6.28. The Hall–Kier alpha value is -4.26. The predicted octanol–water partition coefficient (Wildman–Crippen LogP) is 3.61. The van der Waals surface area contributed by atoms with Crippen molar-refractivity contribution in [3.8, 4) is 5.75 Å². The van der Waals surface area contributed by atoms with Crippen LogP contribution >= 0.6 is 0 Å². The van der Waals surface area contributed by atoms with Crippen LogP contribution in [0.5, 0.6) is 5.75 Å². The lowest BCUT2D eigenvalue weighted by molar-refractivity contribution is -0.136. The highest BCUT2D eigenvalue weighted by Crippen LogP contribution is 2.14. The third-order valence-corrected chi connectivity index (χ3v) is 4.24. The molecule has 0 saturated heterocycles. The second-order valence-electron chi connectivity index (χ2n) is 6.85. The zero-order valence-corrected chi connectivity index (χ0v) is 17.1. The van der Waals surface area contributed by atoms with E-state index < -0.39 is 17.8 Å². The molecular formula is C24H21N3O4. The number of hydrogen-bond acceptors (Lipinski definition) is 5. The molecule has 31 heavy (non-hydrogen) atoms. The molecule has 156 valence electrons. The van der Waals surface area contributed by atoms with Crippen LogP contribution in [-0.2, 0) is 9.59 Å². The van der Waals surface area contributed by atoms with Gasteiger partial charge in [-0.05, 0) is 73.5 Å². The highest BCUT2D eigenvalue weighted by atomic mass is 16.5. The molecule has 2 amide bonds. The molecular weight excluding hydrogens is 394 g/mol. The van der Waals surface area contributed by atoms with Gasteiger partial charge < -0.3 is 10.1 Å². The standard InChI is InChI=1S/C24H21N3O4/c1-16-6-10-19(11-7-16)24(30)31-21-12-8-18(9-13-21)15-25-27-23(29)22(28)26-20-5-3-4-17(2)14-20/h3-15H,1-2H3,(H,26,28)(H,27,29)/b25-15-. The van der Waals surface area contributed by atoms with E-state index in [1.807, 2.05) is 32.0 Å². The van der Waals surface area contributed by atoms with Crippen LogP contribution in [0.4, 0.5) is 5.69 Å². The van der Waals surface area contributed by atoms with Crippen molar-refractivity contribution in [1.29, 1.82) is 0 Å².